The average Bonchev–Trinajstić information content (AvgIpc) is 3.40. The van der Waals surface area contributed by atoms with Crippen molar-refractivity contribution < 1.29 is 0 Å². The molecule has 0 spiro atoms. The highest BCUT2D eigenvalue weighted by molar-refractivity contribution is 7.00. The number of hydrogen-bond donors (Lipinski definition) is 0. The summed E-state index contributed by atoms with van der Waals surface area (Å²) in [5.41, 5.74) is 26.2. The van der Waals surface area contributed by atoms with Crippen LogP contribution in [0.1, 0.15) is 227 Å². The molecule has 5 aliphatic rings. The van der Waals surface area contributed by atoms with Crippen molar-refractivity contribution in [3.63, 3.8) is 0 Å². The summed E-state index contributed by atoms with van der Waals surface area (Å²) in [5, 5.41) is 0. The van der Waals surface area contributed by atoms with Gasteiger partial charge in [0.15, 0.2) is 0 Å². The normalized spacial score (nSPS) is 21.0. The summed E-state index contributed by atoms with van der Waals surface area (Å²) in [5.74, 6) is 0.339. The minimum atomic E-state index is -0.0346. The summed E-state index contributed by atoms with van der Waals surface area (Å²) >= 11 is 0. The molecular formula is C64H83BN2. The van der Waals surface area contributed by atoms with Crippen LogP contribution in [0.5, 0.6) is 0 Å². The van der Waals surface area contributed by atoms with E-state index in [1.54, 1.807) is 5.56 Å². The molecule has 2 nitrogen and oxygen atoms in total. The molecule has 3 aliphatic carbocycles. The summed E-state index contributed by atoms with van der Waals surface area (Å²) in [6.45, 7) is 49.1. The van der Waals surface area contributed by atoms with Crippen LogP contribution in [0, 0.1) is 0 Å². The molecule has 0 saturated heterocycles. The highest BCUT2D eigenvalue weighted by atomic mass is 15.2. The SMILES string of the molecule is CC(C)c1cc2c3c(c1)N(c1ccc(C(C)(C)C)c(C(C)(C)C)c1)c1cc4c(cc1B3c1cc3c(cc1N2c1ccc2c(c1)C(C)(C)CCC2(C)C)C(C)(C)CCC3(C)C)C(C)(C)CC4(C)C. The van der Waals surface area contributed by atoms with Crippen LogP contribution >= 0.6 is 0 Å². The molecule has 0 atom stereocenters. The van der Waals surface area contributed by atoms with Gasteiger partial charge in [-0.05, 0) is 196 Å². The number of hydrogen-bond acceptors (Lipinski definition) is 2. The molecule has 0 fully saturated rings. The maximum Gasteiger partial charge on any atom is 0.252 e. The lowest BCUT2D eigenvalue weighted by Crippen LogP contribution is -2.62. The van der Waals surface area contributed by atoms with Gasteiger partial charge in [-0.25, -0.2) is 0 Å². The second-order valence-corrected chi connectivity index (χ2v) is 28.6. The van der Waals surface area contributed by atoms with E-state index in [1.807, 2.05) is 0 Å². The minimum absolute atomic E-state index is 0.0174. The van der Waals surface area contributed by atoms with Crippen LogP contribution < -0.4 is 26.2 Å². The topological polar surface area (TPSA) is 6.48 Å². The van der Waals surface area contributed by atoms with Gasteiger partial charge in [0.25, 0.3) is 6.71 Å². The molecular weight excluding hydrogens is 808 g/mol. The summed E-state index contributed by atoms with van der Waals surface area (Å²) < 4.78 is 0. The average molecular weight is 891 g/mol. The lowest BCUT2D eigenvalue weighted by Gasteiger charge is -2.48. The Hall–Kier alpha value is -4.24. The predicted molar refractivity (Wildman–Crippen MR) is 293 cm³/mol. The van der Waals surface area contributed by atoms with Crippen LogP contribution in [0.25, 0.3) is 0 Å². The van der Waals surface area contributed by atoms with Gasteiger partial charge < -0.3 is 9.80 Å². The van der Waals surface area contributed by atoms with E-state index in [2.05, 4.69) is 221 Å². The molecule has 3 heteroatoms. The molecule has 352 valence electrons. The Morgan fingerprint density at radius 3 is 1.27 bits per heavy atom. The first kappa shape index (κ1) is 46.5. The molecule has 0 bridgehead atoms. The highest BCUT2D eigenvalue weighted by Gasteiger charge is 2.50. The fourth-order valence-corrected chi connectivity index (χ4v) is 14.1. The molecule has 5 aromatic carbocycles. The molecule has 0 saturated carbocycles. The number of rotatable bonds is 3. The smallest absolute Gasteiger partial charge is 0.252 e. The van der Waals surface area contributed by atoms with Crippen LogP contribution in [0.15, 0.2) is 72.8 Å². The molecule has 0 amide bonds. The Bertz CT molecular complexity index is 2900. The van der Waals surface area contributed by atoms with Gasteiger partial charge in [0.1, 0.15) is 0 Å². The Morgan fingerprint density at radius 1 is 0.418 bits per heavy atom. The van der Waals surface area contributed by atoms with Gasteiger partial charge in [0.05, 0.1) is 0 Å². The maximum absolute atomic E-state index is 2.75. The molecule has 5 aromatic rings. The third-order valence-corrected chi connectivity index (χ3v) is 18.2. The van der Waals surface area contributed by atoms with Gasteiger partial charge in [-0.2, -0.15) is 0 Å². The first-order chi connectivity index (χ1) is 30.8. The first-order valence-corrected chi connectivity index (χ1v) is 26.2. The Labute approximate surface area is 407 Å². The van der Waals surface area contributed by atoms with Crippen molar-refractivity contribution in [2.24, 2.45) is 0 Å². The van der Waals surface area contributed by atoms with Crippen LogP contribution in [-0.2, 0) is 43.3 Å². The molecule has 0 radical (unpaired) electrons. The first-order valence-electron chi connectivity index (χ1n) is 26.2. The molecule has 67 heavy (non-hydrogen) atoms. The molecule has 0 aromatic heterocycles. The highest BCUT2D eigenvalue weighted by Crippen LogP contribution is 2.56. The molecule has 2 aliphatic heterocycles. The second-order valence-electron chi connectivity index (χ2n) is 28.6. The van der Waals surface area contributed by atoms with Gasteiger partial charge in [0.2, 0.25) is 0 Å². The minimum Gasteiger partial charge on any atom is -0.311 e. The van der Waals surface area contributed by atoms with Crippen molar-refractivity contribution in [1.82, 2.24) is 0 Å². The van der Waals surface area contributed by atoms with Gasteiger partial charge in [-0.15, -0.1) is 0 Å². The summed E-state index contributed by atoms with van der Waals surface area (Å²) in [6, 6.07) is 31.1. The van der Waals surface area contributed by atoms with Gasteiger partial charge in [-0.3, -0.25) is 0 Å². The standard InChI is InChI=1S/C64H83BN2/c1-38(2)39-29-54-56-55(30-39)67(41-22-24-43-45(32-41)60(11,12)26-25-59(43,9)10)52-35-48-46(61(13,14)27-28-62(48,15)16)33-50(52)65(56)51-34-47-49(64(19,20)37-63(47,17)18)36-53(51)66(54)40-21-23-42(57(3,4)5)44(31-40)58(6,7)8/h21-24,29-36,38H,25-28,37H2,1-20H3. The van der Waals surface area contributed by atoms with E-state index >= 15 is 0 Å². The van der Waals surface area contributed by atoms with Gasteiger partial charge >= 0.3 is 0 Å². The van der Waals surface area contributed by atoms with Crippen molar-refractivity contribution in [2.45, 2.75) is 220 Å². The van der Waals surface area contributed by atoms with Crippen molar-refractivity contribution >= 4 is 57.2 Å². The van der Waals surface area contributed by atoms with E-state index in [0.29, 0.717) is 5.92 Å². The third kappa shape index (κ3) is 6.98. The molecule has 10 rings (SSSR count). The lowest BCUT2D eigenvalue weighted by atomic mass is 9.32. The van der Waals surface area contributed by atoms with Crippen LogP contribution in [0.4, 0.5) is 34.1 Å². The van der Waals surface area contributed by atoms with Crippen molar-refractivity contribution in [3.8, 4) is 0 Å². The van der Waals surface area contributed by atoms with Crippen LogP contribution in [0.2, 0.25) is 0 Å². The largest absolute Gasteiger partial charge is 0.311 e. The van der Waals surface area contributed by atoms with E-state index in [1.165, 1.54) is 121 Å². The third-order valence-electron chi connectivity index (χ3n) is 18.2. The lowest BCUT2D eigenvalue weighted by molar-refractivity contribution is 0.332. The van der Waals surface area contributed by atoms with Crippen molar-refractivity contribution in [3.05, 3.63) is 123 Å². The number of benzene rings is 5. The molecule has 0 unspecified atom stereocenters. The number of nitrogens with zero attached hydrogens (tertiary/aromatic N) is 2. The van der Waals surface area contributed by atoms with E-state index in [-0.39, 0.29) is 50.0 Å². The van der Waals surface area contributed by atoms with Crippen LogP contribution in [0.3, 0.4) is 0 Å². The monoisotopic (exact) mass is 891 g/mol. The Morgan fingerprint density at radius 2 is 0.806 bits per heavy atom. The van der Waals surface area contributed by atoms with E-state index in [9.17, 15) is 0 Å². The maximum atomic E-state index is 2.75. The molecule has 0 N–H and O–H groups in total. The summed E-state index contributed by atoms with van der Waals surface area (Å²) in [4.78, 5) is 5.48. The van der Waals surface area contributed by atoms with Crippen LogP contribution in [-0.4, -0.2) is 6.71 Å². The zero-order valence-electron chi connectivity index (χ0n) is 45.5. The Kier molecular flexibility index (Phi) is 9.85. The number of fused-ring (bicyclic) bond motifs is 7. The Balaban J connectivity index is 1.37. The zero-order valence-corrected chi connectivity index (χ0v) is 45.5. The zero-order chi connectivity index (χ0) is 48.7. The number of anilines is 6. The summed E-state index contributed by atoms with van der Waals surface area (Å²) in [6.07, 6.45) is 5.92. The summed E-state index contributed by atoms with van der Waals surface area (Å²) in [7, 11) is 0. The second kappa shape index (κ2) is 14.2. The van der Waals surface area contributed by atoms with E-state index in [0.717, 1.165) is 6.42 Å². The van der Waals surface area contributed by atoms with E-state index < -0.39 is 0 Å². The van der Waals surface area contributed by atoms with Gasteiger partial charge in [0, 0.05) is 34.1 Å². The molecule has 2 heterocycles. The fraction of sp³-hybridized carbons (Fsp3) is 0.531. The van der Waals surface area contributed by atoms with Crippen molar-refractivity contribution in [1.29, 1.82) is 0 Å². The fourth-order valence-electron chi connectivity index (χ4n) is 14.1. The van der Waals surface area contributed by atoms with E-state index in [4.69, 9.17) is 0 Å². The quantitative estimate of drug-likeness (QED) is 0.163. The van der Waals surface area contributed by atoms with Gasteiger partial charge in [-0.1, -0.05) is 163 Å². The van der Waals surface area contributed by atoms with Crippen molar-refractivity contribution in [2.75, 3.05) is 9.80 Å². The predicted octanol–water partition coefficient (Wildman–Crippen LogP) is 16.1.